The maximum Gasteiger partial charge on any atom is 0.308 e. The van der Waals surface area contributed by atoms with Crippen LogP contribution in [0.4, 0.5) is 0 Å². The maximum absolute atomic E-state index is 12.7. The summed E-state index contributed by atoms with van der Waals surface area (Å²) in [6, 6.07) is 0. The molecule has 0 bridgehead atoms. The number of aliphatic carboxylic acids is 1. The van der Waals surface area contributed by atoms with Gasteiger partial charge in [0.25, 0.3) is 0 Å². The maximum atomic E-state index is 12.7. The first-order valence-electron chi connectivity index (χ1n) is 10.8. The van der Waals surface area contributed by atoms with Crippen LogP contribution in [0.15, 0.2) is 0 Å². The van der Waals surface area contributed by atoms with Crippen LogP contribution in [0, 0.1) is 23.2 Å². The monoisotopic (exact) mass is 362 g/mol. The molecule has 4 fully saturated rings. The highest BCUT2D eigenvalue weighted by Gasteiger charge is 2.53. The van der Waals surface area contributed by atoms with Gasteiger partial charge in [-0.2, -0.15) is 0 Å². The van der Waals surface area contributed by atoms with Crippen LogP contribution in [-0.4, -0.2) is 59.5 Å². The minimum atomic E-state index is -0.699. The second-order valence-electron chi connectivity index (χ2n) is 9.40. The molecule has 2 saturated carbocycles. The zero-order chi connectivity index (χ0) is 18.1. The number of carboxylic acid groups (broad SMARTS) is 1. The molecule has 2 saturated heterocycles. The third-order valence-corrected chi connectivity index (χ3v) is 7.81. The molecule has 5 heteroatoms. The van der Waals surface area contributed by atoms with Gasteiger partial charge in [-0.05, 0) is 57.5 Å². The van der Waals surface area contributed by atoms with Gasteiger partial charge in [-0.15, -0.1) is 0 Å². The molecule has 26 heavy (non-hydrogen) atoms. The number of hydrogen-bond donors (Lipinski definition) is 1. The van der Waals surface area contributed by atoms with Crippen LogP contribution in [0.1, 0.15) is 64.2 Å². The summed E-state index contributed by atoms with van der Waals surface area (Å²) in [5, 5.41) is 9.82. The SMILES string of the molecule is O=C(O)C1CN(C(=O)C2CCC2)CC12CCN(CC1CCCCC1)CC2. The minimum Gasteiger partial charge on any atom is -0.481 e. The van der Waals surface area contributed by atoms with Crippen LogP contribution in [0.25, 0.3) is 0 Å². The topological polar surface area (TPSA) is 60.9 Å². The van der Waals surface area contributed by atoms with E-state index in [1.165, 1.54) is 38.6 Å². The predicted octanol–water partition coefficient (Wildman–Crippen LogP) is 2.99. The van der Waals surface area contributed by atoms with Crippen LogP contribution >= 0.6 is 0 Å². The Balaban J connectivity index is 1.37. The quantitative estimate of drug-likeness (QED) is 0.835. The summed E-state index contributed by atoms with van der Waals surface area (Å²) in [6.45, 7) is 4.32. The zero-order valence-electron chi connectivity index (χ0n) is 16.0. The summed E-state index contributed by atoms with van der Waals surface area (Å²) in [5.41, 5.74) is -0.186. The van der Waals surface area contributed by atoms with Crippen molar-refractivity contribution in [2.45, 2.75) is 64.2 Å². The van der Waals surface area contributed by atoms with Crippen molar-refractivity contribution < 1.29 is 14.7 Å². The van der Waals surface area contributed by atoms with Crippen molar-refractivity contribution in [1.82, 2.24) is 9.80 Å². The molecule has 5 nitrogen and oxygen atoms in total. The molecule has 1 spiro atoms. The Hall–Kier alpha value is -1.10. The molecule has 146 valence electrons. The fraction of sp³-hybridized carbons (Fsp3) is 0.905. The molecule has 2 aliphatic heterocycles. The van der Waals surface area contributed by atoms with Crippen molar-refractivity contribution in [2.75, 3.05) is 32.7 Å². The Bertz CT molecular complexity index is 531. The Labute approximate surface area is 157 Å². The molecule has 1 amide bonds. The van der Waals surface area contributed by atoms with Crippen molar-refractivity contribution in [1.29, 1.82) is 0 Å². The summed E-state index contributed by atoms with van der Waals surface area (Å²) in [7, 11) is 0. The molecule has 0 aromatic carbocycles. The number of carboxylic acids is 1. The van der Waals surface area contributed by atoms with E-state index in [4.69, 9.17) is 0 Å². The van der Waals surface area contributed by atoms with Crippen LogP contribution in [-0.2, 0) is 9.59 Å². The predicted molar refractivity (Wildman–Crippen MR) is 99.7 cm³/mol. The van der Waals surface area contributed by atoms with Crippen molar-refractivity contribution in [3.05, 3.63) is 0 Å². The largest absolute Gasteiger partial charge is 0.481 e. The van der Waals surface area contributed by atoms with E-state index in [0.717, 1.165) is 51.1 Å². The fourth-order valence-electron chi connectivity index (χ4n) is 5.81. The number of carbonyl (C=O) groups is 2. The van der Waals surface area contributed by atoms with Gasteiger partial charge in [0.05, 0.1) is 5.92 Å². The smallest absolute Gasteiger partial charge is 0.308 e. The summed E-state index contributed by atoms with van der Waals surface area (Å²) in [5.74, 6) is 0.168. The number of piperidine rings is 1. The number of hydrogen-bond acceptors (Lipinski definition) is 3. The molecule has 4 rings (SSSR count). The average molecular weight is 363 g/mol. The molecular formula is C21H34N2O3. The molecule has 1 unspecified atom stereocenters. The Morgan fingerprint density at radius 3 is 2.23 bits per heavy atom. The van der Waals surface area contributed by atoms with Crippen LogP contribution in [0.2, 0.25) is 0 Å². The highest BCUT2D eigenvalue weighted by atomic mass is 16.4. The molecule has 2 aliphatic carbocycles. The van der Waals surface area contributed by atoms with Gasteiger partial charge >= 0.3 is 5.97 Å². The van der Waals surface area contributed by atoms with E-state index in [-0.39, 0.29) is 23.2 Å². The summed E-state index contributed by atoms with van der Waals surface area (Å²) in [6.07, 6.45) is 11.9. The molecule has 0 radical (unpaired) electrons. The van der Waals surface area contributed by atoms with Crippen molar-refractivity contribution >= 4 is 11.9 Å². The van der Waals surface area contributed by atoms with Gasteiger partial charge in [0.1, 0.15) is 0 Å². The molecule has 0 aromatic rings. The third-order valence-electron chi connectivity index (χ3n) is 7.81. The average Bonchev–Trinajstić information content (AvgIpc) is 2.96. The lowest BCUT2D eigenvalue weighted by molar-refractivity contribution is -0.146. The molecule has 0 aromatic heterocycles. The van der Waals surface area contributed by atoms with Gasteiger partial charge in [0, 0.05) is 31.0 Å². The zero-order valence-corrected chi connectivity index (χ0v) is 16.0. The van der Waals surface area contributed by atoms with E-state index in [2.05, 4.69) is 4.90 Å². The first kappa shape index (κ1) is 18.3. The first-order chi connectivity index (χ1) is 12.6. The van der Waals surface area contributed by atoms with Crippen LogP contribution in [0.3, 0.4) is 0 Å². The van der Waals surface area contributed by atoms with E-state index in [9.17, 15) is 14.7 Å². The molecule has 2 heterocycles. The first-order valence-corrected chi connectivity index (χ1v) is 10.8. The van der Waals surface area contributed by atoms with E-state index in [1.807, 2.05) is 4.90 Å². The van der Waals surface area contributed by atoms with Crippen molar-refractivity contribution in [3.63, 3.8) is 0 Å². The van der Waals surface area contributed by atoms with Gasteiger partial charge in [-0.1, -0.05) is 25.7 Å². The van der Waals surface area contributed by atoms with Gasteiger partial charge in [-0.3, -0.25) is 9.59 Å². The lowest BCUT2D eigenvalue weighted by Crippen LogP contribution is -2.47. The molecular weight excluding hydrogens is 328 g/mol. The summed E-state index contributed by atoms with van der Waals surface area (Å²) in [4.78, 5) is 29.1. The van der Waals surface area contributed by atoms with Gasteiger partial charge in [0.2, 0.25) is 5.91 Å². The lowest BCUT2D eigenvalue weighted by atomic mass is 9.70. The molecule has 1 atom stereocenters. The van der Waals surface area contributed by atoms with Crippen LogP contribution in [0.5, 0.6) is 0 Å². The van der Waals surface area contributed by atoms with E-state index in [1.54, 1.807) is 0 Å². The number of carbonyl (C=O) groups excluding carboxylic acids is 1. The molecule has 1 N–H and O–H groups in total. The second kappa shape index (κ2) is 7.49. The Kier molecular flexibility index (Phi) is 5.27. The second-order valence-corrected chi connectivity index (χ2v) is 9.40. The Morgan fingerprint density at radius 2 is 1.65 bits per heavy atom. The van der Waals surface area contributed by atoms with Gasteiger partial charge < -0.3 is 14.9 Å². The summed E-state index contributed by atoms with van der Waals surface area (Å²) < 4.78 is 0. The third kappa shape index (κ3) is 3.51. The standard InChI is InChI=1S/C21H34N2O3/c24-19(17-7-4-8-17)23-14-18(20(25)26)21(15-23)9-11-22(12-10-21)13-16-5-2-1-3-6-16/h16-18H,1-15H2,(H,25,26). The lowest BCUT2D eigenvalue weighted by Gasteiger charge is -2.42. The number of amides is 1. The van der Waals surface area contributed by atoms with Crippen molar-refractivity contribution in [3.8, 4) is 0 Å². The number of likely N-dealkylation sites (tertiary alicyclic amines) is 2. The number of rotatable bonds is 4. The van der Waals surface area contributed by atoms with E-state index >= 15 is 0 Å². The highest BCUT2D eigenvalue weighted by molar-refractivity contribution is 5.82. The van der Waals surface area contributed by atoms with Crippen molar-refractivity contribution in [2.24, 2.45) is 23.2 Å². The molecule has 4 aliphatic rings. The Morgan fingerprint density at radius 1 is 0.962 bits per heavy atom. The highest BCUT2D eigenvalue weighted by Crippen LogP contribution is 2.46. The normalized spacial score (nSPS) is 30.5. The minimum absolute atomic E-state index is 0.172. The summed E-state index contributed by atoms with van der Waals surface area (Å²) >= 11 is 0. The number of nitrogens with zero attached hydrogens (tertiary/aromatic N) is 2. The van der Waals surface area contributed by atoms with E-state index in [0.29, 0.717) is 13.1 Å². The van der Waals surface area contributed by atoms with Crippen LogP contribution < -0.4 is 0 Å². The van der Waals surface area contributed by atoms with Gasteiger partial charge in [0.15, 0.2) is 0 Å². The van der Waals surface area contributed by atoms with Gasteiger partial charge in [-0.25, -0.2) is 0 Å². The van der Waals surface area contributed by atoms with E-state index < -0.39 is 5.97 Å². The fourth-order valence-corrected chi connectivity index (χ4v) is 5.81.